The molecular formula is C13H14ClFN4O. The first-order valence-corrected chi connectivity index (χ1v) is 6.27. The molecule has 2 rings (SSSR count). The van der Waals surface area contributed by atoms with Gasteiger partial charge in [0.25, 0.3) is 0 Å². The number of aromatic nitrogens is 2. The maximum atomic E-state index is 13.7. The molecule has 106 valence electrons. The first-order valence-electron chi connectivity index (χ1n) is 5.89. The second-order valence-electron chi connectivity index (χ2n) is 3.99. The number of hydrogen-bond acceptors (Lipinski definition) is 5. The molecule has 0 fully saturated rings. The largest absolute Gasteiger partial charge is 0.377 e. The molecule has 0 amide bonds. The fraction of sp³-hybridized carbons (Fsp3) is 0.231. The van der Waals surface area contributed by atoms with Crippen LogP contribution in [0.15, 0.2) is 24.3 Å². The van der Waals surface area contributed by atoms with Gasteiger partial charge < -0.3 is 15.4 Å². The highest BCUT2D eigenvalue weighted by atomic mass is 35.5. The maximum Gasteiger partial charge on any atom is 0.158 e. The Bertz CT molecular complexity index is 609. The monoisotopic (exact) mass is 296 g/mol. The lowest BCUT2D eigenvalue weighted by atomic mass is 10.3. The van der Waals surface area contributed by atoms with E-state index >= 15 is 0 Å². The van der Waals surface area contributed by atoms with Gasteiger partial charge >= 0.3 is 0 Å². The van der Waals surface area contributed by atoms with Crippen molar-refractivity contribution in [3.63, 3.8) is 0 Å². The van der Waals surface area contributed by atoms with Crippen molar-refractivity contribution in [2.45, 2.75) is 6.61 Å². The highest BCUT2D eigenvalue weighted by Gasteiger charge is 2.07. The van der Waals surface area contributed by atoms with Gasteiger partial charge in [-0.3, -0.25) is 0 Å². The first kappa shape index (κ1) is 14.5. The average Bonchev–Trinajstić information content (AvgIpc) is 2.43. The number of benzene rings is 1. The molecule has 2 N–H and O–H groups in total. The van der Waals surface area contributed by atoms with Crippen molar-refractivity contribution < 1.29 is 9.13 Å². The van der Waals surface area contributed by atoms with Gasteiger partial charge in [-0.1, -0.05) is 11.6 Å². The molecule has 0 aliphatic rings. The summed E-state index contributed by atoms with van der Waals surface area (Å²) in [4.78, 5) is 8.46. The van der Waals surface area contributed by atoms with Crippen LogP contribution in [0.4, 0.5) is 21.7 Å². The van der Waals surface area contributed by atoms with Crippen molar-refractivity contribution in [2.75, 3.05) is 24.8 Å². The predicted molar refractivity (Wildman–Crippen MR) is 77.0 cm³/mol. The van der Waals surface area contributed by atoms with Crippen LogP contribution in [-0.2, 0) is 11.3 Å². The molecule has 0 aliphatic carbocycles. The number of hydrogen-bond donors (Lipinski definition) is 2. The van der Waals surface area contributed by atoms with Crippen LogP contribution in [0, 0.1) is 5.82 Å². The standard InChI is InChI=1S/C13H14ClFN4O/c1-16-11-6-12(19-13(18-11)7-20-2)17-10-5-8(14)3-4-9(10)15/h3-6H,7H2,1-2H3,(H2,16,17,18,19). The molecule has 0 saturated carbocycles. The fourth-order valence-corrected chi connectivity index (χ4v) is 1.79. The topological polar surface area (TPSA) is 59.1 Å². The van der Waals surface area contributed by atoms with Crippen LogP contribution in [0.3, 0.4) is 0 Å². The fourth-order valence-electron chi connectivity index (χ4n) is 1.61. The highest BCUT2D eigenvalue weighted by molar-refractivity contribution is 6.30. The second kappa shape index (κ2) is 6.49. The van der Waals surface area contributed by atoms with E-state index in [1.807, 2.05) is 0 Å². The third kappa shape index (κ3) is 3.55. The molecular weight excluding hydrogens is 283 g/mol. The third-order valence-corrected chi connectivity index (χ3v) is 2.73. The molecule has 0 aliphatic heterocycles. The Balaban J connectivity index is 2.32. The van der Waals surface area contributed by atoms with Crippen molar-refractivity contribution in [1.82, 2.24) is 9.97 Å². The molecule has 7 heteroatoms. The number of nitrogens with zero attached hydrogens (tertiary/aromatic N) is 2. The summed E-state index contributed by atoms with van der Waals surface area (Å²) in [6.07, 6.45) is 0. The summed E-state index contributed by atoms with van der Waals surface area (Å²) in [5, 5.41) is 6.23. The average molecular weight is 297 g/mol. The Kier molecular flexibility index (Phi) is 4.70. The Morgan fingerprint density at radius 1 is 1.25 bits per heavy atom. The van der Waals surface area contributed by atoms with Crippen molar-refractivity contribution in [3.05, 3.63) is 40.9 Å². The van der Waals surface area contributed by atoms with E-state index in [-0.39, 0.29) is 12.3 Å². The lowest BCUT2D eigenvalue weighted by Crippen LogP contribution is -2.05. The van der Waals surface area contributed by atoms with Crippen LogP contribution < -0.4 is 10.6 Å². The van der Waals surface area contributed by atoms with E-state index in [0.717, 1.165) is 0 Å². The number of nitrogens with one attached hydrogen (secondary N) is 2. The van der Waals surface area contributed by atoms with Gasteiger partial charge in [-0.2, -0.15) is 0 Å². The number of methoxy groups -OCH3 is 1. The zero-order valence-electron chi connectivity index (χ0n) is 11.1. The van der Waals surface area contributed by atoms with Crippen molar-refractivity contribution in [3.8, 4) is 0 Å². The van der Waals surface area contributed by atoms with Gasteiger partial charge in [0.15, 0.2) is 5.82 Å². The van der Waals surface area contributed by atoms with Crippen LogP contribution in [0.5, 0.6) is 0 Å². The SMILES string of the molecule is CNc1cc(Nc2cc(Cl)ccc2F)nc(COC)n1. The molecule has 0 radical (unpaired) electrons. The van der Waals surface area contributed by atoms with Crippen LogP contribution in [0.25, 0.3) is 0 Å². The van der Waals surface area contributed by atoms with Gasteiger partial charge in [0.05, 0.1) is 5.69 Å². The summed E-state index contributed by atoms with van der Waals surface area (Å²) in [6, 6.07) is 5.94. The predicted octanol–water partition coefficient (Wildman–Crippen LogP) is 3.20. The molecule has 0 unspecified atom stereocenters. The molecule has 0 atom stereocenters. The quantitative estimate of drug-likeness (QED) is 0.887. The number of ether oxygens (including phenoxy) is 1. The lowest BCUT2D eigenvalue weighted by molar-refractivity contribution is 0.178. The van der Waals surface area contributed by atoms with Crippen molar-refractivity contribution in [2.24, 2.45) is 0 Å². The molecule has 2 aromatic rings. The van der Waals surface area contributed by atoms with E-state index in [0.29, 0.717) is 22.5 Å². The van der Waals surface area contributed by atoms with Gasteiger partial charge in [-0.05, 0) is 18.2 Å². The van der Waals surface area contributed by atoms with E-state index in [1.165, 1.54) is 18.2 Å². The Morgan fingerprint density at radius 3 is 2.70 bits per heavy atom. The van der Waals surface area contributed by atoms with Gasteiger partial charge in [0, 0.05) is 25.2 Å². The number of halogens is 2. The first-order chi connectivity index (χ1) is 9.62. The summed E-state index contributed by atoms with van der Waals surface area (Å²) in [6.45, 7) is 0.266. The minimum Gasteiger partial charge on any atom is -0.377 e. The Hall–Kier alpha value is -1.92. The third-order valence-electron chi connectivity index (χ3n) is 2.49. The number of rotatable bonds is 5. The Morgan fingerprint density at radius 2 is 2.00 bits per heavy atom. The minimum atomic E-state index is -0.410. The van der Waals surface area contributed by atoms with Crippen LogP contribution in [-0.4, -0.2) is 24.1 Å². The number of anilines is 3. The van der Waals surface area contributed by atoms with Gasteiger partial charge in [-0.15, -0.1) is 0 Å². The second-order valence-corrected chi connectivity index (χ2v) is 4.42. The smallest absolute Gasteiger partial charge is 0.158 e. The molecule has 0 saturated heterocycles. The van der Waals surface area contributed by atoms with E-state index in [9.17, 15) is 4.39 Å². The van der Waals surface area contributed by atoms with E-state index in [4.69, 9.17) is 16.3 Å². The van der Waals surface area contributed by atoms with Crippen LogP contribution in [0.2, 0.25) is 5.02 Å². The van der Waals surface area contributed by atoms with Crippen LogP contribution in [0.1, 0.15) is 5.82 Å². The molecule has 1 aromatic carbocycles. The molecule has 1 aromatic heterocycles. The van der Waals surface area contributed by atoms with Gasteiger partial charge in [-0.25, -0.2) is 14.4 Å². The van der Waals surface area contributed by atoms with E-state index < -0.39 is 5.82 Å². The Labute approximate surface area is 121 Å². The van der Waals surface area contributed by atoms with Gasteiger partial charge in [0.2, 0.25) is 0 Å². The summed E-state index contributed by atoms with van der Waals surface area (Å²) < 4.78 is 18.7. The zero-order chi connectivity index (χ0) is 14.5. The molecule has 0 spiro atoms. The zero-order valence-corrected chi connectivity index (χ0v) is 11.8. The highest BCUT2D eigenvalue weighted by Crippen LogP contribution is 2.23. The normalized spacial score (nSPS) is 10.4. The minimum absolute atomic E-state index is 0.251. The summed E-state index contributed by atoms with van der Waals surface area (Å²) >= 11 is 5.85. The molecule has 1 heterocycles. The van der Waals surface area contributed by atoms with Crippen molar-refractivity contribution >= 4 is 28.9 Å². The summed E-state index contributed by atoms with van der Waals surface area (Å²) in [7, 11) is 3.29. The van der Waals surface area contributed by atoms with Crippen molar-refractivity contribution in [1.29, 1.82) is 0 Å². The van der Waals surface area contributed by atoms with Crippen LogP contribution >= 0.6 is 11.6 Å². The molecule has 5 nitrogen and oxygen atoms in total. The van der Waals surface area contributed by atoms with E-state index in [1.54, 1.807) is 20.2 Å². The van der Waals surface area contributed by atoms with E-state index in [2.05, 4.69) is 20.6 Å². The summed E-state index contributed by atoms with van der Waals surface area (Å²) in [5.41, 5.74) is 0.251. The lowest BCUT2D eigenvalue weighted by Gasteiger charge is -2.10. The summed E-state index contributed by atoms with van der Waals surface area (Å²) in [5.74, 6) is 1.14. The van der Waals surface area contributed by atoms with Gasteiger partial charge in [0.1, 0.15) is 24.1 Å². The molecule has 20 heavy (non-hydrogen) atoms. The maximum absolute atomic E-state index is 13.7. The molecule has 0 bridgehead atoms.